The molecule has 2 heterocycles. The molecular formula is C24H28N4O2. The molecule has 1 amide bonds. The molecule has 1 aromatic heterocycles. The minimum atomic E-state index is -0.0652. The molecule has 4 rings (SSSR count). The van der Waals surface area contributed by atoms with Crippen LogP contribution in [-0.4, -0.2) is 29.2 Å². The Labute approximate surface area is 177 Å². The van der Waals surface area contributed by atoms with E-state index in [4.69, 9.17) is 4.42 Å². The van der Waals surface area contributed by atoms with Crippen LogP contribution in [0.3, 0.4) is 0 Å². The number of anilines is 2. The third-order valence-corrected chi connectivity index (χ3v) is 5.63. The molecule has 0 atom stereocenters. The van der Waals surface area contributed by atoms with Crippen molar-refractivity contribution in [1.82, 2.24) is 10.2 Å². The SMILES string of the molecule is Cc1ccc(-c2nnc(CCC(=O)Nc3ccc(N4CCC(C)CC4)cc3)o2)cc1. The summed E-state index contributed by atoms with van der Waals surface area (Å²) in [6.07, 6.45) is 3.18. The topological polar surface area (TPSA) is 71.3 Å². The van der Waals surface area contributed by atoms with Crippen LogP contribution in [0.4, 0.5) is 11.4 Å². The van der Waals surface area contributed by atoms with Gasteiger partial charge in [0.2, 0.25) is 17.7 Å². The predicted octanol–water partition coefficient (Wildman–Crippen LogP) is 4.85. The Kier molecular flexibility index (Phi) is 6.12. The van der Waals surface area contributed by atoms with Gasteiger partial charge in [-0.1, -0.05) is 24.6 Å². The lowest BCUT2D eigenvalue weighted by molar-refractivity contribution is -0.116. The zero-order chi connectivity index (χ0) is 20.9. The Morgan fingerprint density at radius 1 is 1.07 bits per heavy atom. The van der Waals surface area contributed by atoms with Gasteiger partial charge in [0.05, 0.1) is 0 Å². The zero-order valence-corrected chi connectivity index (χ0v) is 17.6. The summed E-state index contributed by atoms with van der Waals surface area (Å²) in [4.78, 5) is 14.7. The maximum atomic E-state index is 12.3. The Morgan fingerprint density at radius 3 is 2.47 bits per heavy atom. The van der Waals surface area contributed by atoms with Gasteiger partial charge in [0.25, 0.3) is 0 Å². The van der Waals surface area contributed by atoms with Crippen molar-refractivity contribution in [2.24, 2.45) is 5.92 Å². The average Bonchev–Trinajstić information content (AvgIpc) is 3.23. The van der Waals surface area contributed by atoms with Crippen LogP contribution in [0.2, 0.25) is 0 Å². The molecule has 1 fully saturated rings. The minimum Gasteiger partial charge on any atom is -0.421 e. The summed E-state index contributed by atoms with van der Waals surface area (Å²) in [6, 6.07) is 16.0. The molecule has 0 aliphatic carbocycles. The number of amides is 1. The number of rotatable bonds is 6. The summed E-state index contributed by atoms with van der Waals surface area (Å²) in [5.74, 6) is 1.69. The summed E-state index contributed by atoms with van der Waals surface area (Å²) in [7, 11) is 0. The van der Waals surface area contributed by atoms with Gasteiger partial charge in [-0.3, -0.25) is 4.79 Å². The van der Waals surface area contributed by atoms with Crippen molar-refractivity contribution in [3.8, 4) is 11.5 Å². The van der Waals surface area contributed by atoms with E-state index in [1.807, 2.05) is 43.3 Å². The van der Waals surface area contributed by atoms with Gasteiger partial charge in [-0.15, -0.1) is 10.2 Å². The molecule has 2 aromatic carbocycles. The molecule has 1 aliphatic heterocycles. The second kappa shape index (κ2) is 9.11. The summed E-state index contributed by atoms with van der Waals surface area (Å²) in [5, 5.41) is 11.1. The van der Waals surface area contributed by atoms with Crippen molar-refractivity contribution in [2.75, 3.05) is 23.3 Å². The first-order valence-electron chi connectivity index (χ1n) is 10.6. The number of piperidine rings is 1. The highest BCUT2D eigenvalue weighted by Gasteiger charge is 2.16. The van der Waals surface area contributed by atoms with E-state index in [-0.39, 0.29) is 5.91 Å². The van der Waals surface area contributed by atoms with Crippen molar-refractivity contribution in [2.45, 2.75) is 39.5 Å². The van der Waals surface area contributed by atoms with Gasteiger partial charge in [0.15, 0.2) is 0 Å². The first-order chi connectivity index (χ1) is 14.6. The molecule has 30 heavy (non-hydrogen) atoms. The van der Waals surface area contributed by atoms with E-state index in [0.717, 1.165) is 30.3 Å². The molecule has 6 nitrogen and oxygen atoms in total. The molecule has 3 aromatic rings. The Hall–Kier alpha value is -3.15. The lowest BCUT2D eigenvalue weighted by Gasteiger charge is -2.32. The van der Waals surface area contributed by atoms with Crippen LogP contribution in [0.15, 0.2) is 52.9 Å². The third-order valence-electron chi connectivity index (χ3n) is 5.63. The van der Waals surface area contributed by atoms with Gasteiger partial charge in [-0.2, -0.15) is 0 Å². The van der Waals surface area contributed by atoms with Crippen molar-refractivity contribution in [1.29, 1.82) is 0 Å². The highest BCUT2D eigenvalue weighted by molar-refractivity contribution is 5.90. The molecule has 156 valence electrons. The van der Waals surface area contributed by atoms with Gasteiger partial charge in [0, 0.05) is 42.9 Å². The van der Waals surface area contributed by atoms with Crippen LogP contribution >= 0.6 is 0 Å². The predicted molar refractivity (Wildman–Crippen MR) is 118 cm³/mol. The lowest BCUT2D eigenvalue weighted by atomic mass is 9.99. The van der Waals surface area contributed by atoms with Crippen molar-refractivity contribution >= 4 is 17.3 Å². The zero-order valence-electron chi connectivity index (χ0n) is 17.6. The van der Waals surface area contributed by atoms with Crippen molar-refractivity contribution in [3.05, 3.63) is 60.0 Å². The van der Waals surface area contributed by atoms with E-state index in [9.17, 15) is 4.79 Å². The number of hydrogen-bond acceptors (Lipinski definition) is 5. The number of carbonyl (C=O) groups is 1. The van der Waals surface area contributed by atoms with Crippen LogP contribution in [-0.2, 0) is 11.2 Å². The Bertz CT molecular complexity index is 971. The normalized spacial score (nSPS) is 14.7. The van der Waals surface area contributed by atoms with Crippen molar-refractivity contribution in [3.63, 3.8) is 0 Å². The van der Waals surface area contributed by atoms with Gasteiger partial charge >= 0.3 is 0 Å². The molecule has 0 unspecified atom stereocenters. The molecule has 1 N–H and O–H groups in total. The van der Waals surface area contributed by atoms with E-state index < -0.39 is 0 Å². The molecule has 1 aliphatic rings. The molecular weight excluding hydrogens is 376 g/mol. The van der Waals surface area contributed by atoms with Crippen LogP contribution in [0.1, 0.15) is 37.6 Å². The van der Waals surface area contributed by atoms with E-state index >= 15 is 0 Å². The first-order valence-corrected chi connectivity index (χ1v) is 10.6. The summed E-state index contributed by atoms with van der Waals surface area (Å²) < 4.78 is 5.69. The van der Waals surface area contributed by atoms with Gasteiger partial charge < -0.3 is 14.6 Å². The molecule has 0 radical (unpaired) electrons. The smallest absolute Gasteiger partial charge is 0.247 e. The minimum absolute atomic E-state index is 0.0652. The maximum Gasteiger partial charge on any atom is 0.247 e. The average molecular weight is 405 g/mol. The van der Waals surface area contributed by atoms with Crippen molar-refractivity contribution < 1.29 is 9.21 Å². The summed E-state index contributed by atoms with van der Waals surface area (Å²) in [5.41, 5.74) is 4.08. The summed E-state index contributed by atoms with van der Waals surface area (Å²) >= 11 is 0. The van der Waals surface area contributed by atoms with E-state index in [1.54, 1.807) is 0 Å². The monoisotopic (exact) mass is 404 g/mol. The molecule has 1 saturated heterocycles. The molecule has 6 heteroatoms. The standard InChI is InChI=1S/C24H28N4O2/c1-17-3-5-19(6-4-17)24-27-26-23(30-24)12-11-22(29)25-20-7-9-21(10-8-20)28-15-13-18(2)14-16-28/h3-10,18H,11-16H2,1-2H3,(H,25,29). The van der Waals surface area contributed by atoms with E-state index in [0.29, 0.717) is 24.6 Å². The third kappa shape index (κ3) is 5.06. The number of nitrogens with one attached hydrogen (secondary N) is 1. The summed E-state index contributed by atoms with van der Waals surface area (Å²) in [6.45, 7) is 6.54. The van der Waals surface area contributed by atoms with E-state index in [1.165, 1.54) is 24.1 Å². The van der Waals surface area contributed by atoms with Crippen LogP contribution in [0.25, 0.3) is 11.5 Å². The largest absolute Gasteiger partial charge is 0.421 e. The second-order valence-corrected chi connectivity index (χ2v) is 8.13. The van der Waals surface area contributed by atoms with Crippen LogP contribution in [0.5, 0.6) is 0 Å². The Morgan fingerprint density at radius 2 is 1.77 bits per heavy atom. The van der Waals surface area contributed by atoms with Crippen LogP contribution in [0, 0.1) is 12.8 Å². The highest BCUT2D eigenvalue weighted by Crippen LogP contribution is 2.24. The fourth-order valence-electron chi connectivity index (χ4n) is 3.63. The number of nitrogens with zero attached hydrogens (tertiary/aromatic N) is 3. The first kappa shape index (κ1) is 20.1. The van der Waals surface area contributed by atoms with Gasteiger partial charge in [-0.25, -0.2) is 0 Å². The quantitative estimate of drug-likeness (QED) is 0.636. The number of hydrogen-bond donors (Lipinski definition) is 1. The lowest BCUT2D eigenvalue weighted by Crippen LogP contribution is -2.32. The number of aryl methyl sites for hydroxylation is 2. The highest BCUT2D eigenvalue weighted by atomic mass is 16.4. The Balaban J connectivity index is 1.27. The number of benzene rings is 2. The fraction of sp³-hybridized carbons (Fsp3) is 0.375. The van der Waals surface area contributed by atoms with Gasteiger partial charge in [0.1, 0.15) is 0 Å². The maximum absolute atomic E-state index is 12.3. The molecule has 0 spiro atoms. The molecule has 0 saturated carbocycles. The second-order valence-electron chi connectivity index (χ2n) is 8.13. The fourth-order valence-corrected chi connectivity index (χ4v) is 3.63. The number of aromatic nitrogens is 2. The van der Waals surface area contributed by atoms with Gasteiger partial charge in [-0.05, 0) is 62.1 Å². The number of carbonyl (C=O) groups excluding carboxylic acids is 1. The molecule has 0 bridgehead atoms. The van der Waals surface area contributed by atoms with E-state index in [2.05, 4.69) is 39.5 Å². The van der Waals surface area contributed by atoms with Crippen LogP contribution < -0.4 is 10.2 Å².